The summed E-state index contributed by atoms with van der Waals surface area (Å²) in [5.41, 5.74) is 2.11. The molecule has 0 saturated heterocycles. The van der Waals surface area contributed by atoms with E-state index < -0.39 is 0 Å². The molecule has 3 aromatic rings. The van der Waals surface area contributed by atoms with Crippen molar-refractivity contribution in [1.29, 1.82) is 5.26 Å². The summed E-state index contributed by atoms with van der Waals surface area (Å²) in [5, 5.41) is 15.8. The molecule has 0 aliphatic carbocycles. The third kappa shape index (κ3) is 4.38. The highest BCUT2D eigenvalue weighted by molar-refractivity contribution is 8.02. The van der Waals surface area contributed by atoms with Gasteiger partial charge < -0.3 is 5.32 Å². The van der Waals surface area contributed by atoms with Gasteiger partial charge in [-0.05, 0) is 55.5 Å². The zero-order valence-electron chi connectivity index (χ0n) is 13.7. The molecule has 0 bridgehead atoms. The molecule has 1 atom stereocenters. The summed E-state index contributed by atoms with van der Waals surface area (Å²) in [5.74, 6) is -0.132. The minimum Gasteiger partial charge on any atom is -0.325 e. The van der Waals surface area contributed by atoms with Crippen LogP contribution in [0.4, 0.5) is 5.69 Å². The maximum absolute atomic E-state index is 12.4. The molecule has 1 heterocycles. The van der Waals surface area contributed by atoms with Crippen molar-refractivity contribution >= 4 is 46.9 Å². The number of nitrogens with zero attached hydrogens (tertiary/aromatic N) is 3. The maximum Gasteiger partial charge on any atom is 0.237 e. The monoisotopic (exact) mass is 398 g/mol. The van der Waals surface area contributed by atoms with E-state index >= 15 is 0 Å². The van der Waals surface area contributed by atoms with E-state index in [1.165, 1.54) is 23.1 Å². The van der Waals surface area contributed by atoms with Crippen molar-refractivity contribution in [3.63, 3.8) is 0 Å². The maximum atomic E-state index is 12.4. The van der Waals surface area contributed by atoms with Crippen molar-refractivity contribution < 1.29 is 4.79 Å². The standard InChI is InChI=1S/C18H14N4OS3/c1-12(16(23)20-14-9-7-13(11-19)8-10-14)25-17-21-22(18(24)26-17)15-5-3-2-4-6-15/h2-10,12H,1H3,(H,20,23)/t12-/m1/s1. The lowest BCUT2D eigenvalue weighted by Gasteiger charge is -2.10. The Morgan fingerprint density at radius 2 is 1.96 bits per heavy atom. The molecule has 0 saturated carbocycles. The summed E-state index contributed by atoms with van der Waals surface area (Å²) in [4.78, 5) is 12.4. The predicted molar refractivity (Wildman–Crippen MR) is 107 cm³/mol. The molecule has 1 amide bonds. The summed E-state index contributed by atoms with van der Waals surface area (Å²) in [6.45, 7) is 1.82. The molecule has 8 heteroatoms. The SMILES string of the molecule is C[C@@H](Sc1nn(-c2ccccc2)c(=S)s1)C(=O)Nc1ccc(C#N)cc1. The molecule has 5 nitrogen and oxygen atoms in total. The molecule has 0 spiro atoms. The van der Waals surface area contributed by atoms with Crippen LogP contribution in [0.5, 0.6) is 0 Å². The Balaban J connectivity index is 1.67. The second kappa shape index (κ2) is 8.27. The van der Waals surface area contributed by atoms with E-state index in [4.69, 9.17) is 17.5 Å². The smallest absolute Gasteiger partial charge is 0.237 e. The Morgan fingerprint density at radius 1 is 1.27 bits per heavy atom. The van der Waals surface area contributed by atoms with Gasteiger partial charge in [0.15, 0.2) is 8.29 Å². The Kier molecular flexibility index (Phi) is 5.83. The second-order valence-electron chi connectivity index (χ2n) is 5.32. The summed E-state index contributed by atoms with van der Waals surface area (Å²) in [7, 11) is 0. The van der Waals surface area contributed by atoms with Crippen LogP contribution < -0.4 is 5.32 Å². The average molecular weight is 399 g/mol. The van der Waals surface area contributed by atoms with Crippen LogP contribution in [-0.2, 0) is 4.79 Å². The van der Waals surface area contributed by atoms with Crippen molar-refractivity contribution in [2.75, 3.05) is 5.32 Å². The number of aromatic nitrogens is 2. The third-order valence-electron chi connectivity index (χ3n) is 3.46. The topological polar surface area (TPSA) is 70.7 Å². The minimum absolute atomic E-state index is 0.132. The van der Waals surface area contributed by atoms with E-state index in [-0.39, 0.29) is 11.2 Å². The van der Waals surface area contributed by atoms with E-state index in [1.807, 2.05) is 43.3 Å². The fourth-order valence-electron chi connectivity index (χ4n) is 2.12. The molecule has 0 unspecified atom stereocenters. The van der Waals surface area contributed by atoms with Crippen molar-refractivity contribution in [2.45, 2.75) is 16.5 Å². The molecule has 1 aromatic heterocycles. The second-order valence-corrected chi connectivity index (χ2v) is 8.53. The molecule has 26 heavy (non-hydrogen) atoms. The Morgan fingerprint density at radius 3 is 2.62 bits per heavy atom. The van der Waals surface area contributed by atoms with Gasteiger partial charge in [-0.3, -0.25) is 4.79 Å². The first-order valence-electron chi connectivity index (χ1n) is 7.70. The van der Waals surface area contributed by atoms with E-state index in [2.05, 4.69) is 10.4 Å². The van der Waals surface area contributed by atoms with Gasteiger partial charge in [-0.1, -0.05) is 41.3 Å². The number of thioether (sulfide) groups is 1. The van der Waals surface area contributed by atoms with Crippen LogP contribution in [0.2, 0.25) is 0 Å². The lowest BCUT2D eigenvalue weighted by Crippen LogP contribution is -2.22. The lowest BCUT2D eigenvalue weighted by molar-refractivity contribution is -0.115. The first-order chi connectivity index (χ1) is 12.6. The number of rotatable bonds is 5. The zero-order valence-corrected chi connectivity index (χ0v) is 16.2. The molecule has 2 aromatic carbocycles. The van der Waals surface area contributed by atoms with Gasteiger partial charge in [0.25, 0.3) is 0 Å². The van der Waals surface area contributed by atoms with Gasteiger partial charge in [0.1, 0.15) is 0 Å². The number of amides is 1. The molecule has 0 aliphatic rings. The number of nitrogens with one attached hydrogen (secondary N) is 1. The highest BCUT2D eigenvalue weighted by Gasteiger charge is 2.17. The van der Waals surface area contributed by atoms with Gasteiger partial charge in [-0.15, -0.1) is 5.10 Å². The number of anilines is 1. The van der Waals surface area contributed by atoms with E-state index in [0.29, 0.717) is 15.2 Å². The third-order valence-corrected chi connectivity index (χ3v) is 5.87. The van der Waals surface area contributed by atoms with Gasteiger partial charge in [0.05, 0.1) is 22.6 Å². The molecular formula is C18H14N4OS3. The summed E-state index contributed by atoms with van der Waals surface area (Å²) < 4.78 is 3.08. The normalized spacial score (nSPS) is 11.5. The van der Waals surface area contributed by atoms with Gasteiger partial charge in [0.2, 0.25) is 5.91 Å². The largest absolute Gasteiger partial charge is 0.325 e. The van der Waals surface area contributed by atoms with Crippen LogP contribution >= 0.6 is 35.3 Å². The van der Waals surface area contributed by atoms with Crippen molar-refractivity contribution in [3.05, 3.63) is 64.1 Å². The highest BCUT2D eigenvalue weighted by atomic mass is 32.2. The zero-order chi connectivity index (χ0) is 18.5. The van der Waals surface area contributed by atoms with Gasteiger partial charge in [0, 0.05) is 5.69 Å². The number of nitriles is 1. The number of hydrogen-bond donors (Lipinski definition) is 1. The molecular weight excluding hydrogens is 384 g/mol. The van der Waals surface area contributed by atoms with E-state index in [0.717, 1.165) is 10.0 Å². The number of carbonyl (C=O) groups excluding carboxylic acids is 1. The number of para-hydroxylation sites is 1. The van der Waals surface area contributed by atoms with Gasteiger partial charge >= 0.3 is 0 Å². The van der Waals surface area contributed by atoms with Crippen LogP contribution in [0.1, 0.15) is 12.5 Å². The van der Waals surface area contributed by atoms with Crippen LogP contribution in [0.25, 0.3) is 5.69 Å². The van der Waals surface area contributed by atoms with Gasteiger partial charge in [-0.2, -0.15) is 5.26 Å². The van der Waals surface area contributed by atoms with E-state index in [1.54, 1.807) is 28.9 Å². The van der Waals surface area contributed by atoms with Gasteiger partial charge in [-0.25, -0.2) is 4.68 Å². The van der Waals surface area contributed by atoms with Crippen molar-refractivity contribution in [1.82, 2.24) is 9.78 Å². The first kappa shape index (κ1) is 18.3. The Hall–Kier alpha value is -2.47. The van der Waals surface area contributed by atoms with Crippen LogP contribution in [-0.4, -0.2) is 20.9 Å². The molecule has 0 aliphatic heterocycles. The molecule has 130 valence electrons. The van der Waals surface area contributed by atoms with Crippen LogP contribution in [0, 0.1) is 15.3 Å². The quantitative estimate of drug-likeness (QED) is 0.500. The minimum atomic E-state index is -0.338. The van der Waals surface area contributed by atoms with Crippen molar-refractivity contribution in [3.8, 4) is 11.8 Å². The first-order valence-corrected chi connectivity index (χ1v) is 9.80. The fourth-order valence-corrected chi connectivity index (χ4v) is 4.62. The summed E-state index contributed by atoms with van der Waals surface area (Å²) in [6, 6.07) is 18.5. The number of benzene rings is 2. The number of hydrogen-bond acceptors (Lipinski definition) is 6. The molecule has 0 fully saturated rings. The molecule has 1 N–H and O–H groups in total. The Bertz CT molecular complexity index is 1000. The van der Waals surface area contributed by atoms with E-state index in [9.17, 15) is 4.79 Å². The summed E-state index contributed by atoms with van der Waals surface area (Å²) in [6.07, 6.45) is 0. The molecule has 3 rings (SSSR count). The molecule has 0 radical (unpaired) electrons. The Labute approximate surface area is 164 Å². The predicted octanol–water partition coefficient (Wildman–Crippen LogP) is 4.65. The van der Waals surface area contributed by atoms with Crippen LogP contribution in [0.15, 0.2) is 58.9 Å². The highest BCUT2D eigenvalue weighted by Crippen LogP contribution is 2.28. The lowest BCUT2D eigenvalue weighted by atomic mass is 10.2. The summed E-state index contributed by atoms with van der Waals surface area (Å²) >= 11 is 8.12. The van der Waals surface area contributed by atoms with Crippen molar-refractivity contribution in [2.24, 2.45) is 0 Å². The van der Waals surface area contributed by atoms with Crippen LogP contribution in [0.3, 0.4) is 0 Å². The number of carbonyl (C=O) groups is 1. The average Bonchev–Trinajstić information content (AvgIpc) is 3.03. The fraction of sp³-hybridized carbons (Fsp3) is 0.111.